The van der Waals surface area contributed by atoms with Crippen LogP contribution in [0.3, 0.4) is 0 Å². The van der Waals surface area contributed by atoms with Crippen molar-refractivity contribution in [3.8, 4) is 22.8 Å². The summed E-state index contributed by atoms with van der Waals surface area (Å²) in [6.07, 6.45) is 0. The van der Waals surface area contributed by atoms with Crippen molar-refractivity contribution in [2.75, 3.05) is 12.9 Å². The minimum Gasteiger partial charge on any atom is -0.497 e. The fourth-order valence-corrected chi connectivity index (χ4v) is 3.90. The van der Waals surface area contributed by atoms with Crippen molar-refractivity contribution in [3.63, 3.8) is 0 Å². The van der Waals surface area contributed by atoms with Crippen molar-refractivity contribution in [2.24, 2.45) is 0 Å². The first-order valence-electron chi connectivity index (χ1n) is 9.94. The van der Waals surface area contributed by atoms with E-state index in [1.165, 1.54) is 17.8 Å². The highest BCUT2D eigenvalue weighted by molar-refractivity contribution is 7.99. The third-order valence-electron chi connectivity index (χ3n) is 4.74. The first kappa shape index (κ1) is 21.6. The van der Waals surface area contributed by atoms with Crippen molar-refractivity contribution in [1.82, 2.24) is 20.1 Å². The summed E-state index contributed by atoms with van der Waals surface area (Å²) in [5.41, 5.74) is 2.11. The molecule has 8 heteroatoms. The molecule has 0 spiro atoms. The standard InChI is InChI=1S/C24H21FN4O2S/c1-31-19-13-11-17(12-14-19)15-26-22(30)16-32-24-28-27-23(20-9-5-6-10-21(20)25)29(24)18-7-3-2-4-8-18/h2-14H,15-16H2,1H3,(H,26,30). The number of para-hydroxylation sites is 1. The van der Waals surface area contributed by atoms with Gasteiger partial charge in [0.05, 0.1) is 18.4 Å². The normalized spacial score (nSPS) is 10.7. The molecule has 0 atom stereocenters. The Labute approximate surface area is 189 Å². The topological polar surface area (TPSA) is 69.0 Å². The number of carbonyl (C=O) groups is 1. The van der Waals surface area contributed by atoms with E-state index < -0.39 is 0 Å². The van der Waals surface area contributed by atoms with Crippen molar-refractivity contribution in [2.45, 2.75) is 11.7 Å². The van der Waals surface area contributed by atoms with Gasteiger partial charge in [-0.3, -0.25) is 9.36 Å². The maximum Gasteiger partial charge on any atom is 0.230 e. The Morgan fingerprint density at radius 3 is 2.44 bits per heavy atom. The highest BCUT2D eigenvalue weighted by Gasteiger charge is 2.19. The average molecular weight is 449 g/mol. The van der Waals surface area contributed by atoms with Crippen molar-refractivity contribution >= 4 is 17.7 Å². The Hall–Kier alpha value is -3.65. The number of methoxy groups -OCH3 is 1. The second-order valence-electron chi connectivity index (χ2n) is 6.87. The molecule has 32 heavy (non-hydrogen) atoms. The van der Waals surface area contributed by atoms with Gasteiger partial charge in [0.1, 0.15) is 11.6 Å². The summed E-state index contributed by atoms with van der Waals surface area (Å²) >= 11 is 1.25. The Balaban J connectivity index is 1.49. The maximum absolute atomic E-state index is 14.4. The van der Waals surface area contributed by atoms with E-state index in [0.29, 0.717) is 23.1 Å². The molecule has 0 bridgehead atoms. The Kier molecular flexibility index (Phi) is 6.81. The van der Waals surface area contributed by atoms with Gasteiger partial charge in [-0.25, -0.2) is 4.39 Å². The first-order valence-corrected chi connectivity index (χ1v) is 10.9. The van der Waals surface area contributed by atoms with Crippen LogP contribution in [0, 0.1) is 5.82 Å². The van der Waals surface area contributed by atoms with Gasteiger partial charge in [-0.2, -0.15) is 0 Å². The fraction of sp³-hybridized carbons (Fsp3) is 0.125. The number of benzene rings is 3. The Bertz CT molecular complexity index is 1200. The molecule has 1 aromatic heterocycles. The zero-order valence-electron chi connectivity index (χ0n) is 17.4. The zero-order valence-corrected chi connectivity index (χ0v) is 18.2. The quantitative estimate of drug-likeness (QED) is 0.402. The number of amides is 1. The molecule has 0 aliphatic heterocycles. The van der Waals surface area contributed by atoms with Crippen LogP contribution in [-0.2, 0) is 11.3 Å². The number of aromatic nitrogens is 3. The summed E-state index contributed by atoms with van der Waals surface area (Å²) < 4.78 is 21.3. The van der Waals surface area contributed by atoms with Crippen LogP contribution in [0.15, 0.2) is 84.0 Å². The number of hydrogen-bond acceptors (Lipinski definition) is 5. The molecule has 4 aromatic rings. The number of thioether (sulfide) groups is 1. The van der Waals surface area contributed by atoms with E-state index >= 15 is 0 Å². The van der Waals surface area contributed by atoms with Crippen LogP contribution in [-0.4, -0.2) is 33.5 Å². The molecule has 162 valence electrons. The summed E-state index contributed by atoms with van der Waals surface area (Å²) in [6.45, 7) is 0.412. The molecular weight excluding hydrogens is 427 g/mol. The minimum atomic E-state index is -0.383. The van der Waals surface area contributed by atoms with E-state index in [-0.39, 0.29) is 17.5 Å². The molecule has 6 nitrogen and oxygen atoms in total. The van der Waals surface area contributed by atoms with Crippen LogP contribution < -0.4 is 10.1 Å². The Morgan fingerprint density at radius 1 is 1.00 bits per heavy atom. The first-order chi connectivity index (χ1) is 15.7. The van der Waals surface area contributed by atoms with E-state index in [0.717, 1.165) is 17.0 Å². The van der Waals surface area contributed by atoms with E-state index in [4.69, 9.17) is 4.74 Å². The maximum atomic E-state index is 14.4. The molecule has 0 unspecified atom stereocenters. The van der Waals surface area contributed by atoms with Crippen LogP contribution >= 0.6 is 11.8 Å². The number of ether oxygens (including phenoxy) is 1. The SMILES string of the molecule is COc1ccc(CNC(=O)CSc2nnc(-c3ccccc3F)n2-c2ccccc2)cc1. The Morgan fingerprint density at radius 2 is 1.72 bits per heavy atom. The van der Waals surface area contributed by atoms with Gasteiger partial charge >= 0.3 is 0 Å². The second-order valence-corrected chi connectivity index (χ2v) is 7.81. The summed E-state index contributed by atoms with van der Waals surface area (Å²) in [5, 5.41) is 11.9. The van der Waals surface area contributed by atoms with Gasteiger partial charge in [0.25, 0.3) is 0 Å². The third-order valence-corrected chi connectivity index (χ3v) is 5.67. The van der Waals surface area contributed by atoms with Gasteiger partial charge < -0.3 is 10.1 Å². The van der Waals surface area contributed by atoms with E-state index in [2.05, 4.69) is 15.5 Å². The van der Waals surface area contributed by atoms with Gasteiger partial charge in [0.2, 0.25) is 5.91 Å². The van der Waals surface area contributed by atoms with Gasteiger partial charge in [-0.15, -0.1) is 10.2 Å². The number of halogens is 1. The van der Waals surface area contributed by atoms with Crippen LogP contribution in [0.4, 0.5) is 4.39 Å². The van der Waals surface area contributed by atoms with Gasteiger partial charge in [0.15, 0.2) is 11.0 Å². The molecule has 0 aliphatic carbocycles. The van der Waals surface area contributed by atoms with Crippen LogP contribution in [0.1, 0.15) is 5.56 Å². The smallest absolute Gasteiger partial charge is 0.230 e. The second kappa shape index (κ2) is 10.1. The van der Waals surface area contributed by atoms with Gasteiger partial charge in [-0.05, 0) is 42.0 Å². The largest absolute Gasteiger partial charge is 0.497 e. The highest BCUT2D eigenvalue weighted by atomic mass is 32.2. The summed E-state index contributed by atoms with van der Waals surface area (Å²) in [6, 6.07) is 23.4. The number of rotatable bonds is 8. The molecule has 4 rings (SSSR count). The van der Waals surface area contributed by atoms with E-state index in [1.807, 2.05) is 54.6 Å². The highest BCUT2D eigenvalue weighted by Crippen LogP contribution is 2.29. The van der Waals surface area contributed by atoms with Gasteiger partial charge in [0, 0.05) is 12.2 Å². The lowest BCUT2D eigenvalue weighted by Gasteiger charge is -2.11. The monoisotopic (exact) mass is 448 g/mol. The summed E-state index contributed by atoms with van der Waals surface area (Å²) in [5.74, 6) is 0.780. The minimum absolute atomic E-state index is 0.138. The summed E-state index contributed by atoms with van der Waals surface area (Å²) in [4.78, 5) is 12.4. The van der Waals surface area contributed by atoms with Crippen LogP contribution in [0.5, 0.6) is 5.75 Å². The predicted octanol–water partition coefficient (Wildman–Crippen LogP) is 4.49. The predicted molar refractivity (Wildman–Crippen MR) is 122 cm³/mol. The van der Waals surface area contributed by atoms with Crippen molar-refractivity contribution in [1.29, 1.82) is 0 Å². The fourth-order valence-electron chi connectivity index (χ4n) is 3.12. The molecule has 3 aromatic carbocycles. The molecule has 1 heterocycles. The van der Waals surface area contributed by atoms with E-state index in [9.17, 15) is 9.18 Å². The third kappa shape index (κ3) is 4.97. The number of nitrogens with one attached hydrogen (secondary N) is 1. The lowest BCUT2D eigenvalue weighted by molar-refractivity contribution is -0.118. The molecule has 0 aliphatic rings. The number of nitrogens with zero attached hydrogens (tertiary/aromatic N) is 3. The molecule has 0 fully saturated rings. The van der Waals surface area contributed by atoms with Crippen LogP contribution in [0.25, 0.3) is 17.1 Å². The van der Waals surface area contributed by atoms with Gasteiger partial charge in [-0.1, -0.05) is 54.2 Å². The lowest BCUT2D eigenvalue weighted by Crippen LogP contribution is -2.24. The molecule has 0 saturated carbocycles. The van der Waals surface area contributed by atoms with E-state index in [1.54, 1.807) is 29.9 Å². The zero-order chi connectivity index (χ0) is 22.3. The molecule has 1 amide bonds. The summed E-state index contributed by atoms with van der Waals surface area (Å²) in [7, 11) is 1.61. The van der Waals surface area contributed by atoms with Crippen LogP contribution in [0.2, 0.25) is 0 Å². The van der Waals surface area contributed by atoms with Crippen molar-refractivity contribution < 1.29 is 13.9 Å². The van der Waals surface area contributed by atoms with Crippen molar-refractivity contribution in [3.05, 3.63) is 90.2 Å². The lowest BCUT2D eigenvalue weighted by atomic mass is 10.2. The number of carbonyl (C=O) groups excluding carboxylic acids is 1. The molecule has 0 saturated heterocycles. The molecular formula is C24H21FN4O2S. The average Bonchev–Trinajstić information content (AvgIpc) is 3.26. The number of hydrogen-bond donors (Lipinski definition) is 1. The molecule has 1 N–H and O–H groups in total. The molecule has 0 radical (unpaired) electrons.